The maximum atomic E-state index is 13.7. The Balaban J connectivity index is 2.32. The van der Waals surface area contributed by atoms with Gasteiger partial charge in [-0.2, -0.15) is 0 Å². The van der Waals surface area contributed by atoms with Crippen molar-refractivity contribution >= 4 is 0 Å². The third-order valence-corrected chi connectivity index (χ3v) is 3.25. The second-order valence-electron chi connectivity index (χ2n) is 4.47. The highest BCUT2D eigenvalue weighted by Crippen LogP contribution is 2.25. The van der Waals surface area contributed by atoms with Crippen molar-refractivity contribution in [2.24, 2.45) is 5.73 Å². The smallest absolute Gasteiger partial charge is 0.165 e. The minimum Gasteiger partial charge on any atom is -0.494 e. The van der Waals surface area contributed by atoms with Crippen molar-refractivity contribution < 1.29 is 9.13 Å². The van der Waals surface area contributed by atoms with Gasteiger partial charge >= 0.3 is 0 Å². The van der Waals surface area contributed by atoms with E-state index in [1.165, 1.54) is 18.7 Å². The molecule has 0 saturated heterocycles. The van der Waals surface area contributed by atoms with E-state index in [2.05, 4.69) is 19.1 Å². The Morgan fingerprint density at radius 1 is 1.16 bits per heavy atom. The summed E-state index contributed by atoms with van der Waals surface area (Å²) in [5, 5.41) is 0. The monoisotopic (exact) mass is 259 g/mol. The molecule has 100 valence electrons. The molecule has 0 amide bonds. The average Bonchev–Trinajstić information content (AvgIpc) is 2.46. The van der Waals surface area contributed by atoms with Crippen LogP contribution in [-0.2, 0) is 6.42 Å². The van der Waals surface area contributed by atoms with Gasteiger partial charge in [0, 0.05) is 0 Å². The predicted octanol–water partition coefficient (Wildman–Crippen LogP) is 3.44. The summed E-state index contributed by atoms with van der Waals surface area (Å²) in [7, 11) is 1.45. The summed E-state index contributed by atoms with van der Waals surface area (Å²) in [5.41, 5.74) is 9.15. The van der Waals surface area contributed by atoms with Crippen LogP contribution in [0.5, 0.6) is 5.75 Å². The molecule has 2 nitrogen and oxygen atoms in total. The zero-order valence-corrected chi connectivity index (χ0v) is 11.2. The SMILES string of the molecule is CCc1cccc(C(N)c2ccc(OC)c(F)c2)c1. The third-order valence-electron chi connectivity index (χ3n) is 3.25. The van der Waals surface area contributed by atoms with E-state index in [1.807, 2.05) is 12.1 Å². The zero-order chi connectivity index (χ0) is 13.8. The van der Waals surface area contributed by atoms with Gasteiger partial charge in [-0.05, 0) is 35.2 Å². The summed E-state index contributed by atoms with van der Waals surface area (Å²) in [6.45, 7) is 2.09. The molecule has 0 aliphatic rings. The number of benzene rings is 2. The number of hydrogen-bond donors (Lipinski definition) is 1. The molecule has 0 saturated carbocycles. The van der Waals surface area contributed by atoms with E-state index < -0.39 is 0 Å². The largest absolute Gasteiger partial charge is 0.494 e. The molecule has 1 atom stereocenters. The van der Waals surface area contributed by atoms with Crippen LogP contribution in [0.2, 0.25) is 0 Å². The lowest BCUT2D eigenvalue weighted by molar-refractivity contribution is 0.386. The first-order valence-corrected chi connectivity index (χ1v) is 6.33. The third kappa shape index (κ3) is 2.93. The molecule has 2 aromatic carbocycles. The fourth-order valence-electron chi connectivity index (χ4n) is 2.08. The normalized spacial score (nSPS) is 12.2. The second-order valence-corrected chi connectivity index (χ2v) is 4.47. The molecular formula is C16H18FNO. The molecule has 19 heavy (non-hydrogen) atoms. The number of ether oxygens (including phenoxy) is 1. The quantitative estimate of drug-likeness (QED) is 0.912. The van der Waals surface area contributed by atoms with Crippen molar-refractivity contribution in [3.8, 4) is 5.75 Å². The van der Waals surface area contributed by atoms with Crippen molar-refractivity contribution in [1.82, 2.24) is 0 Å². The fourth-order valence-corrected chi connectivity index (χ4v) is 2.08. The first-order valence-electron chi connectivity index (χ1n) is 6.33. The van der Waals surface area contributed by atoms with Gasteiger partial charge in [-0.15, -0.1) is 0 Å². The Bertz CT molecular complexity index is 568. The molecule has 0 aromatic heterocycles. The topological polar surface area (TPSA) is 35.2 Å². The predicted molar refractivity (Wildman–Crippen MR) is 74.8 cm³/mol. The summed E-state index contributed by atoms with van der Waals surface area (Å²) in [6, 6.07) is 12.6. The van der Waals surface area contributed by atoms with Crippen molar-refractivity contribution in [1.29, 1.82) is 0 Å². The van der Waals surface area contributed by atoms with Crippen molar-refractivity contribution in [2.75, 3.05) is 7.11 Å². The number of halogens is 1. The van der Waals surface area contributed by atoms with Crippen LogP contribution >= 0.6 is 0 Å². The van der Waals surface area contributed by atoms with E-state index in [0.717, 1.165) is 17.5 Å². The first-order chi connectivity index (χ1) is 9.15. The molecule has 3 heteroatoms. The summed E-state index contributed by atoms with van der Waals surface area (Å²) in [4.78, 5) is 0. The lowest BCUT2D eigenvalue weighted by Gasteiger charge is -2.14. The molecule has 2 aromatic rings. The van der Waals surface area contributed by atoms with Crippen LogP contribution in [0.3, 0.4) is 0 Å². The molecule has 0 spiro atoms. The maximum absolute atomic E-state index is 13.7. The van der Waals surface area contributed by atoms with Gasteiger partial charge in [0.1, 0.15) is 0 Å². The molecule has 2 rings (SSSR count). The van der Waals surface area contributed by atoms with Crippen molar-refractivity contribution in [3.05, 3.63) is 65.0 Å². The molecule has 1 unspecified atom stereocenters. The summed E-state index contributed by atoms with van der Waals surface area (Å²) in [6.07, 6.45) is 0.956. The highest BCUT2D eigenvalue weighted by molar-refractivity contribution is 5.37. The lowest BCUT2D eigenvalue weighted by Crippen LogP contribution is -2.12. The summed E-state index contributed by atoms with van der Waals surface area (Å²) < 4.78 is 18.6. The Morgan fingerprint density at radius 2 is 1.89 bits per heavy atom. The van der Waals surface area contributed by atoms with E-state index >= 15 is 0 Å². The Labute approximate surface area is 113 Å². The number of aryl methyl sites for hydroxylation is 1. The molecule has 0 radical (unpaired) electrons. The minimum absolute atomic E-state index is 0.234. The van der Waals surface area contributed by atoms with Gasteiger partial charge < -0.3 is 10.5 Å². The second kappa shape index (κ2) is 5.85. The van der Waals surface area contributed by atoms with Crippen LogP contribution in [0.25, 0.3) is 0 Å². The molecule has 2 N–H and O–H groups in total. The van der Waals surface area contributed by atoms with E-state index in [0.29, 0.717) is 0 Å². The number of rotatable bonds is 4. The Morgan fingerprint density at radius 3 is 2.53 bits per heavy atom. The summed E-state index contributed by atoms with van der Waals surface area (Å²) >= 11 is 0. The lowest BCUT2D eigenvalue weighted by atomic mass is 9.97. The highest BCUT2D eigenvalue weighted by atomic mass is 19.1. The fraction of sp³-hybridized carbons (Fsp3) is 0.250. The van der Waals surface area contributed by atoms with Crippen LogP contribution in [0.4, 0.5) is 4.39 Å². The van der Waals surface area contributed by atoms with Crippen LogP contribution in [0.15, 0.2) is 42.5 Å². The van der Waals surface area contributed by atoms with Gasteiger partial charge in [0.15, 0.2) is 11.6 Å². The minimum atomic E-state index is -0.387. The van der Waals surface area contributed by atoms with Crippen LogP contribution in [-0.4, -0.2) is 7.11 Å². The number of methoxy groups -OCH3 is 1. The van der Waals surface area contributed by atoms with E-state index in [-0.39, 0.29) is 17.6 Å². The number of hydrogen-bond acceptors (Lipinski definition) is 2. The van der Waals surface area contributed by atoms with Gasteiger partial charge in [0.25, 0.3) is 0 Å². The van der Waals surface area contributed by atoms with Crippen LogP contribution in [0.1, 0.15) is 29.7 Å². The van der Waals surface area contributed by atoms with Gasteiger partial charge in [0.05, 0.1) is 13.2 Å². The van der Waals surface area contributed by atoms with Gasteiger partial charge in [-0.1, -0.05) is 37.3 Å². The summed E-state index contributed by atoms with van der Waals surface area (Å²) in [5.74, 6) is -0.152. The standard InChI is InChI=1S/C16H18FNO/c1-3-11-5-4-6-12(9-11)16(18)13-7-8-15(19-2)14(17)10-13/h4-10,16H,3,18H2,1-2H3. The zero-order valence-electron chi connectivity index (χ0n) is 11.2. The van der Waals surface area contributed by atoms with Crippen LogP contribution < -0.4 is 10.5 Å². The van der Waals surface area contributed by atoms with Gasteiger partial charge in [-0.25, -0.2) is 4.39 Å². The van der Waals surface area contributed by atoms with E-state index in [9.17, 15) is 4.39 Å². The Hall–Kier alpha value is -1.87. The first kappa shape index (κ1) is 13.6. The molecule has 0 aliphatic carbocycles. The average molecular weight is 259 g/mol. The molecule has 0 fully saturated rings. The van der Waals surface area contributed by atoms with Crippen LogP contribution in [0, 0.1) is 5.82 Å². The van der Waals surface area contributed by atoms with E-state index in [1.54, 1.807) is 12.1 Å². The molecule has 0 aliphatic heterocycles. The highest BCUT2D eigenvalue weighted by Gasteiger charge is 2.12. The molecule has 0 heterocycles. The maximum Gasteiger partial charge on any atom is 0.165 e. The van der Waals surface area contributed by atoms with Crippen molar-refractivity contribution in [3.63, 3.8) is 0 Å². The van der Waals surface area contributed by atoms with Crippen molar-refractivity contribution in [2.45, 2.75) is 19.4 Å². The molecular weight excluding hydrogens is 241 g/mol. The van der Waals surface area contributed by atoms with E-state index in [4.69, 9.17) is 10.5 Å². The number of nitrogens with two attached hydrogens (primary N) is 1. The van der Waals surface area contributed by atoms with Gasteiger partial charge in [0.2, 0.25) is 0 Å². The van der Waals surface area contributed by atoms with Gasteiger partial charge in [-0.3, -0.25) is 0 Å². The molecule has 0 bridgehead atoms. The Kier molecular flexibility index (Phi) is 4.17.